The van der Waals surface area contributed by atoms with Gasteiger partial charge in [-0.1, -0.05) is 0 Å². The number of rotatable bonds is 3. The average molecular weight is 325 g/mol. The predicted molar refractivity (Wildman–Crippen MR) is 90.0 cm³/mol. The van der Waals surface area contributed by atoms with Crippen LogP contribution in [-0.2, 0) is 9.53 Å². The molecule has 0 spiro atoms. The first-order valence-corrected chi connectivity index (χ1v) is 7.81. The summed E-state index contributed by atoms with van der Waals surface area (Å²) in [6, 6.07) is 7.56. The number of benzene rings is 1. The van der Waals surface area contributed by atoms with E-state index >= 15 is 0 Å². The van der Waals surface area contributed by atoms with E-state index < -0.39 is 0 Å². The number of anilines is 1. The van der Waals surface area contributed by atoms with Gasteiger partial charge in [0.2, 0.25) is 0 Å². The number of aromatic amines is 1. The Balaban J connectivity index is 1.73. The van der Waals surface area contributed by atoms with Crippen molar-refractivity contribution in [3.05, 3.63) is 36.3 Å². The number of ether oxygens (including phenoxy) is 1. The van der Waals surface area contributed by atoms with Gasteiger partial charge in [-0.05, 0) is 32.0 Å². The molecule has 2 heterocycles. The van der Waals surface area contributed by atoms with Crippen LogP contribution < -0.4 is 5.32 Å². The lowest BCUT2D eigenvalue weighted by molar-refractivity contribution is -0.138. The molecule has 1 aliphatic rings. The Bertz CT molecular complexity index is 810. The quantitative estimate of drug-likeness (QED) is 0.665. The van der Waals surface area contributed by atoms with Gasteiger partial charge in [0.15, 0.2) is 0 Å². The van der Waals surface area contributed by atoms with Crippen molar-refractivity contribution in [1.82, 2.24) is 14.9 Å². The third kappa shape index (κ3) is 3.39. The van der Waals surface area contributed by atoms with E-state index in [0.29, 0.717) is 13.1 Å². The van der Waals surface area contributed by atoms with Gasteiger partial charge in [0, 0.05) is 25.0 Å². The van der Waals surface area contributed by atoms with Gasteiger partial charge in [-0.3, -0.25) is 4.79 Å². The number of imidazole rings is 1. The maximum Gasteiger partial charge on any atom is 0.266 e. The number of morpholine rings is 1. The third-order valence-corrected chi connectivity index (χ3v) is 3.86. The van der Waals surface area contributed by atoms with E-state index in [4.69, 9.17) is 4.74 Å². The topological polar surface area (TPSA) is 94.0 Å². The van der Waals surface area contributed by atoms with Crippen LogP contribution in [0.2, 0.25) is 0 Å². The van der Waals surface area contributed by atoms with Gasteiger partial charge in [0.05, 0.1) is 29.6 Å². The normalized spacial score (nSPS) is 21.5. The van der Waals surface area contributed by atoms with Gasteiger partial charge >= 0.3 is 0 Å². The lowest BCUT2D eigenvalue weighted by Gasteiger charge is -2.35. The molecule has 2 unspecified atom stereocenters. The molecule has 2 N–H and O–H groups in total. The molecule has 124 valence electrons. The minimum Gasteiger partial charge on any atom is -0.372 e. The van der Waals surface area contributed by atoms with E-state index in [-0.39, 0.29) is 23.7 Å². The standard InChI is InChI=1S/C17H19N5O2/c1-11-8-22(9-12(2)24-11)17(23)13(6-18)7-19-14-3-4-15-16(5-14)21-10-20-15/h3-5,7,10-12,19H,8-9H2,1-2H3,(H,20,21)/b13-7-. The second-order valence-corrected chi connectivity index (χ2v) is 5.92. The number of carbonyl (C=O) groups is 1. The molecule has 2 aromatic rings. The number of nitriles is 1. The van der Waals surface area contributed by atoms with Gasteiger partial charge in [-0.15, -0.1) is 0 Å². The Labute approximate surface area is 139 Å². The highest BCUT2D eigenvalue weighted by atomic mass is 16.5. The van der Waals surface area contributed by atoms with Crippen molar-refractivity contribution in [1.29, 1.82) is 5.26 Å². The van der Waals surface area contributed by atoms with Crippen molar-refractivity contribution < 1.29 is 9.53 Å². The third-order valence-electron chi connectivity index (χ3n) is 3.86. The van der Waals surface area contributed by atoms with Crippen LogP contribution in [0, 0.1) is 11.3 Å². The molecule has 24 heavy (non-hydrogen) atoms. The van der Waals surface area contributed by atoms with Crippen LogP contribution in [-0.4, -0.2) is 46.1 Å². The first-order chi connectivity index (χ1) is 11.6. The maximum absolute atomic E-state index is 12.5. The van der Waals surface area contributed by atoms with Gasteiger partial charge in [-0.25, -0.2) is 4.98 Å². The summed E-state index contributed by atoms with van der Waals surface area (Å²) in [5, 5.41) is 12.3. The van der Waals surface area contributed by atoms with Crippen LogP contribution in [0.15, 0.2) is 36.3 Å². The van der Waals surface area contributed by atoms with E-state index in [1.54, 1.807) is 11.2 Å². The average Bonchev–Trinajstić information content (AvgIpc) is 3.02. The number of nitrogens with one attached hydrogen (secondary N) is 2. The van der Waals surface area contributed by atoms with Crippen LogP contribution in [0.25, 0.3) is 11.0 Å². The van der Waals surface area contributed by atoms with Crippen molar-refractivity contribution in [2.75, 3.05) is 18.4 Å². The van der Waals surface area contributed by atoms with Gasteiger partial charge in [0.1, 0.15) is 11.6 Å². The molecule has 0 bridgehead atoms. The Morgan fingerprint density at radius 3 is 2.92 bits per heavy atom. The summed E-state index contributed by atoms with van der Waals surface area (Å²) in [5.41, 5.74) is 2.59. The number of amides is 1. The van der Waals surface area contributed by atoms with Crippen LogP contribution in [0.1, 0.15) is 13.8 Å². The number of nitrogens with zero attached hydrogens (tertiary/aromatic N) is 3. The lowest BCUT2D eigenvalue weighted by atomic mass is 10.2. The van der Waals surface area contributed by atoms with Crippen molar-refractivity contribution in [3.8, 4) is 6.07 Å². The van der Waals surface area contributed by atoms with Gasteiger partial charge < -0.3 is 19.9 Å². The fourth-order valence-corrected chi connectivity index (χ4v) is 2.84. The first kappa shape index (κ1) is 16.0. The van der Waals surface area contributed by atoms with E-state index in [1.165, 1.54) is 6.20 Å². The minimum absolute atomic E-state index is 0.0339. The van der Waals surface area contributed by atoms with Crippen LogP contribution >= 0.6 is 0 Å². The Hall–Kier alpha value is -2.85. The van der Waals surface area contributed by atoms with E-state index in [1.807, 2.05) is 38.1 Å². The van der Waals surface area contributed by atoms with E-state index in [2.05, 4.69) is 15.3 Å². The summed E-state index contributed by atoms with van der Waals surface area (Å²) in [6.45, 7) is 4.82. The minimum atomic E-state index is -0.283. The highest BCUT2D eigenvalue weighted by molar-refractivity contribution is 5.97. The molecule has 0 aliphatic carbocycles. The molecule has 1 aromatic heterocycles. The maximum atomic E-state index is 12.5. The largest absolute Gasteiger partial charge is 0.372 e. The molecule has 1 fully saturated rings. The molecule has 0 radical (unpaired) electrons. The molecule has 7 nitrogen and oxygen atoms in total. The summed E-state index contributed by atoms with van der Waals surface area (Å²) in [5.74, 6) is -0.283. The Kier molecular flexibility index (Phi) is 4.49. The van der Waals surface area contributed by atoms with Crippen LogP contribution in [0.3, 0.4) is 0 Å². The van der Waals surface area contributed by atoms with Crippen molar-refractivity contribution in [2.45, 2.75) is 26.1 Å². The summed E-state index contributed by atoms with van der Waals surface area (Å²) < 4.78 is 5.62. The Morgan fingerprint density at radius 1 is 1.46 bits per heavy atom. The smallest absolute Gasteiger partial charge is 0.266 e. The second-order valence-electron chi connectivity index (χ2n) is 5.92. The fraction of sp³-hybridized carbons (Fsp3) is 0.353. The van der Waals surface area contributed by atoms with Crippen molar-refractivity contribution in [2.24, 2.45) is 0 Å². The molecule has 2 atom stereocenters. The number of fused-ring (bicyclic) bond motifs is 1. The molecule has 1 aliphatic heterocycles. The Morgan fingerprint density at radius 2 is 2.21 bits per heavy atom. The number of aromatic nitrogens is 2. The predicted octanol–water partition coefficient (Wildman–Crippen LogP) is 2.02. The molecule has 7 heteroatoms. The van der Waals surface area contributed by atoms with Crippen molar-refractivity contribution in [3.63, 3.8) is 0 Å². The molecule has 1 amide bonds. The fourth-order valence-electron chi connectivity index (χ4n) is 2.84. The summed E-state index contributed by atoms with van der Waals surface area (Å²) >= 11 is 0. The zero-order valence-electron chi connectivity index (χ0n) is 13.6. The van der Waals surface area contributed by atoms with E-state index in [0.717, 1.165) is 16.7 Å². The number of H-pyrrole nitrogens is 1. The lowest BCUT2D eigenvalue weighted by Crippen LogP contribution is -2.48. The molecular formula is C17H19N5O2. The molecule has 1 aromatic carbocycles. The summed E-state index contributed by atoms with van der Waals surface area (Å²) in [4.78, 5) is 21.4. The highest BCUT2D eigenvalue weighted by Crippen LogP contribution is 2.17. The molecular weight excluding hydrogens is 306 g/mol. The summed E-state index contributed by atoms with van der Waals surface area (Å²) in [6.07, 6.45) is 3.00. The number of hydrogen-bond donors (Lipinski definition) is 2. The summed E-state index contributed by atoms with van der Waals surface area (Å²) in [7, 11) is 0. The van der Waals surface area contributed by atoms with Crippen molar-refractivity contribution >= 4 is 22.6 Å². The molecule has 0 saturated carbocycles. The van der Waals surface area contributed by atoms with Gasteiger partial charge in [0.25, 0.3) is 5.91 Å². The SMILES string of the molecule is CC1CN(C(=O)/C(C#N)=C\Nc2ccc3nc[nH]c3c2)CC(C)O1. The van der Waals surface area contributed by atoms with Crippen LogP contribution in [0.4, 0.5) is 5.69 Å². The molecule has 1 saturated heterocycles. The van der Waals surface area contributed by atoms with E-state index in [9.17, 15) is 10.1 Å². The van der Waals surface area contributed by atoms with Crippen LogP contribution in [0.5, 0.6) is 0 Å². The highest BCUT2D eigenvalue weighted by Gasteiger charge is 2.27. The monoisotopic (exact) mass is 325 g/mol. The second kappa shape index (κ2) is 6.72. The van der Waals surface area contributed by atoms with Gasteiger partial charge in [-0.2, -0.15) is 5.26 Å². The number of carbonyl (C=O) groups excluding carboxylic acids is 1. The number of hydrogen-bond acceptors (Lipinski definition) is 5. The molecule has 3 rings (SSSR count). The first-order valence-electron chi connectivity index (χ1n) is 7.81. The zero-order valence-corrected chi connectivity index (χ0v) is 13.6. The zero-order chi connectivity index (χ0) is 17.1.